The Morgan fingerprint density at radius 3 is 2.58 bits per heavy atom. The lowest BCUT2D eigenvalue weighted by molar-refractivity contribution is -0.116. The van der Waals surface area contributed by atoms with Gasteiger partial charge in [0.15, 0.2) is 0 Å². The fraction of sp³-hybridized carbons (Fsp3) is 0.435. The number of fused-ring (bicyclic) bond motifs is 1. The molecular formula is C23H29N5O4S. The molecule has 176 valence electrons. The zero-order chi connectivity index (χ0) is 23.3. The SMILES string of the molecule is CCOc1ccc(NC(=O)CCCn2nnc3cc(S(=O)(=O)N4CCCCC4)ccc32)cc1. The minimum Gasteiger partial charge on any atom is -0.494 e. The highest BCUT2D eigenvalue weighted by molar-refractivity contribution is 7.89. The van der Waals surface area contributed by atoms with E-state index < -0.39 is 10.0 Å². The molecule has 0 spiro atoms. The standard InChI is InChI=1S/C23H29N5O4S/c1-2-32-19-10-8-18(9-11-19)24-23(29)7-6-16-28-22-13-12-20(17-21(22)25-26-28)33(30,31)27-14-4-3-5-15-27/h8-13,17H,2-7,14-16H2,1H3,(H,24,29). The maximum atomic E-state index is 12.9. The summed E-state index contributed by atoms with van der Waals surface area (Å²) in [7, 11) is -3.51. The summed E-state index contributed by atoms with van der Waals surface area (Å²) < 4.78 is 34.5. The highest BCUT2D eigenvalue weighted by Crippen LogP contribution is 2.23. The number of aryl methyl sites for hydroxylation is 1. The van der Waals surface area contributed by atoms with Crippen LogP contribution < -0.4 is 10.1 Å². The second-order valence-electron chi connectivity index (χ2n) is 8.04. The van der Waals surface area contributed by atoms with Crippen molar-refractivity contribution in [2.45, 2.75) is 50.5 Å². The first kappa shape index (κ1) is 23.2. The van der Waals surface area contributed by atoms with Gasteiger partial charge < -0.3 is 10.1 Å². The first-order valence-corrected chi connectivity index (χ1v) is 12.8. The maximum Gasteiger partial charge on any atom is 0.243 e. The Hall–Kier alpha value is -2.98. The van der Waals surface area contributed by atoms with E-state index >= 15 is 0 Å². The van der Waals surface area contributed by atoms with Gasteiger partial charge in [0.1, 0.15) is 11.3 Å². The summed E-state index contributed by atoms with van der Waals surface area (Å²) in [6.45, 7) is 4.14. The number of carbonyl (C=O) groups excluding carboxylic acids is 1. The maximum absolute atomic E-state index is 12.9. The molecule has 3 aromatic rings. The summed E-state index contributed by atoms with van der Waals surface area (Å²) in [6.07, 6.45) is 3.76. The smallest absolute Gasteiger partial charge is 0.243 e. The monoisotopic (exact) mass is 471 g/mol. The van der Waals surface area contributed by atoms with E-state index in [4.69, 9.17) is 4.74 Å². The van der Waals surface area contributed by atoms with Crippen molar-refractivity contribution in [2.24, 2.45) is 0 Å². The van der Waals surface area contributed by atoms with Crippen LogP contribution in [0.15, 0.2) is 47.4 Å². The van der Waals surface area contributed by atoms with Crippen molar-refractivity contribution in [3.63, 3.8) is 0 Å². The molecule has 1 N–H and O–H groups in total. The fourth-order valence-electron chi connectivity index (χ4n) is 3.95. The number of aromatic nitrogens is 3. The van der Waals surface area contributed by atoms with E-state index in [-0.39, 0.29) is 10.8 Å². The summed E-state index contributed by atoms with van der Waals surface area (Å²) in [5.41, 5.74) is 2.00. The van der Waals surface area contributed by atoms with Crippen molar-refractivity contribution in [1.29, 1.82) is 0 Å². The van der Waals surface area contributed by atoms with Gasteiger partial charge in [0.05, 0.1) is 17.0 Å². The van der Waals surface area contributed by atoms with Crippen LogP contribution >= 0.6 is 0 Å². The summed E-state index contributed by atoms with van der Waals surface area (Å²) in [5, 5.41) is 11.2. The second kappa shape index (κ2) is 10.3. The number of hydrogen-bond donors (Lipinski definition) is 1. The van der Waals surface area contributed by atoms with Gasteiger partial charge in [0.2, 0.25) is 15.9 Å². The van der Waals surface area contributed by atoms with Crippen LogP contribution in [-0.2, 0) is 21.4 Å². The number of sulfonamides is 1. The lowest BCUT2D eigenvalue weighted by atomic mass is 10.2. The number of anilines is 1. The van der Waals surface area contributed by atoms with E-state index in [1.165, 1.54) is 0 Å². The molecule has 1 fully saturated rings. The summed E-state index contributed by atoms with van der Waals surface area (Å²) in [6, 6.07) is 12.2. The van der Waals surface area contributed by atoms with Crippen molar-refractivity contribution in [1.82, 2.24) is 19.3 Å². The number of rotatable bonds is 9. The topological polar surface area (TPSA) is 106 Å². The molecule has 1 aliphatic rings. The molecule has 0 saturated carbocycles. The fourth-order valence-corrected chi connectivity index (χ4v) is 5.48. The molecule has 0 aliphatic carbocycles. The molecule has 2 heterocycles. The molecule has 4 rings (SSSR count). The third-order valence-electron chi connectivity index (χ3n) is 5.66. The Balaban J connectivity index is 1.34. The second-order valence-corrected chi connectivity index (χ2v) is 9.97. The number of benzene rings is 2. The largest absolute Gasteiger partial charge is 0.494 e. The van der Waals surface area contributed by atoms with E-state index in [1.54, 1.807) is 27.2 Å². The van der Waals surface area contributed by atoms with Gasteiger partial charge >= 0.3 is 0 Å². The lowest BCUT2D eigenvalue weighted by Gasteiger charge is -2.25. The Kier molecular flexibility index (Phi) is 7.24. The summed E-state index contributed by atoms with van der Waals surface area (Å²) in [5.74, 6) is 0.680. The number of amides is 1. The van der Waals surface area contributed by atoms with Gasteiger partial charge in [-0.3, -0.25) is 4.79 Å². The van der Waals surface area contributed by atoms with Gasteiger partial charge in [0.25, 0.3) is 0 Å². The molecule has 1 aromatic heterocycles. The number of carbonyl (C=O) groups is 1. The van der Waals surface area contributed by atoms with E-state index in [2.05, 4.69) is 15.6 Å². The molecule has 1 saturated heterocycles. The number of piperidine rings is 1. The third-order valence-corrected chi connectivity index (χ3v) is 7.56. The van der Waals surface area contributed by atoms with Gasteiger partial charge in [-0.05, 0) is 68.7 Å². The summed E-state index contributed by atoms with van der Waals surface area (Å²) >= 11 is 0. The van der Waals surface area contributed by atoms with Crippen molar-refractivity contribution < 1.29 is 17.9 Å². The molecule has 0 bridgehead atoms. The average Bonchev–Trinajstić information content (AvgIpc) is 3.23. The quantitative estimate of drug-likeness (QED) is 0.513. The van der Waals surface area contributed by atoms with Crippen molar-refractivity contribution in [3.05, 3.63) is 42.5 Å². The Morgan fingerprint density at radius 1 is 1.09 bits per heavy atom. The molecule has 1 amide bonds. The van der Waals surface area contributed by atoms with Crippen LogP contribution in [0.3, 0.4) is 0 Å². The van der Waals surface area contributed by atoms with Crippen molar-refractivity contribution in [3.8, 4) is 5.75 Å². The van der Waals surface area contributed by atoms with Crippen LogP contribution in [-0.4, -0.2) is 53.3 Å². The Labute approximate surface area is 193 Å². The zero-order valence-electron chi connectivity index (χ0n) is 18.7. The highest BCUT2D eigenvalue weighted by atomic mass is 32.2. The molecule has 9 nitrogen and oxygen atoms in total. The molecule has 2 aromatic carbocycles. The minimum atomic E-state index is -3.51. The number of hydrogen-bond acceptors (Lipinski definition) is 6. The van der Waals surface area contributed by atoms with E-state index in [9.17, 15) is 13.2 Å². The van der Waals surface area contributed by atoms with Gasteiger partial charge in [-0.2, -0.15) is 4.31 Å². The molecule has 10 heteroatoms. The van der Waals surface area contributed by atoms with Crippen LogP contribution in [0.1, 0.15) is 39.0 Å². The van der Waals surface area contributed by atoms with Crippen LogP contribution in [0.5, 0.6) is 5.75 Å². The van der Waals surface area contributed by atoms with E-state index in [0.717, 1.165) is 36.2 Å². The zero-order valence-corrected chi connectivity index (χ0v) is 19.6. The Bertz CT molecular complexity index is 1200. The highest BCUT2D eigenvalue weighted by Gasteiger charge is 2.26. The van der Waals surface area contributed by atoms with Crippen LogP contribution in [0.4, 0.5) is 5.69 Å². The molecule has 0 atom stereocenters. The normalized spacial score (nSPS) is 14.9. The van der Waals surface area contributed by atoms with Crippen molar-refractivity contribution in [2.75, 3.05) is 25.0 Å². The molecule has 0 unspecified atom stereocenters. The third kappa shape index (κ3) is 5.51. The molecular weight excluding hydrogens is 442 g/mol. The van der Waals surface area contributed by atoms with Gasteiger partial charge in [-0.25, -0.2) is 13.1 Å². The molecule has 33 heavy (non-hydrogen) atoms. The van der Waals surface area contributed by atoms with Crippen LogP contribution in [0.25, 0.3) is 11.0 Å². The Morgan fingerprint density at radius 2 is 1.85 bits per heavy atom. The number of nitrogens with one attached hydrogen (secondary N) is 1. The predicted octanol–water partition coefficient (Wildman–Crippen LogP) is 3.42. The van der Waals surface area contributed by atoms with Gasteiger partial charge in [0, 0.05) is 31.7 Å². The molecule has 1 aliphatic heterocycles. The first-order chi connectivity index (χ1) is 16.0. The number of nitrogens with zero attached hydrogens (tertiary/aromatic N) is 4. The summed E-state index contributed by atoms with van der Waals surface area (Å²) in [4.78, 5) is 12.5. The lowest BCUT2D eigenvalue weighted by Crippen LogP contribution is -2.35. The van der Waals surface area contributed by atoms with E-state index in [1.807, 2.05) is 31.2 Å². The average molecular weight is 472 g/mol. The van der Waals surface area contributed by atoms with Crippen molar-refractivity contribution >= 4 is 32.7 Å². The molecule has 0 radical (unpaired) electrons. The van der Waals surface area contributed by atoms with Gasteiger partial charge in [-0.1, -0.05) is 11.6 Å². The van der Waals surface area contributed by atoms with Crippen LogP contribution in [0, 0.1) is 0 Å². The van der Waals surface area contributed by atoms with Gasteiger partial charge in [-0.15, -0.1) is 5.10 Å². The minimum absolute atomic E-state index is 0.0847. The van der Waals surface area contributed by atoms with E-state index in [0.29, 0.717) is 44.6 Å². The first-order valence-electron chi connectivity index (χ1n) is 11.3. The number of ether oxygens (including phenoxy) is 1. The predicted molar refractivity (Wildman–Crippen MR) is 126 cm³/mol. The van der Waals surface area contributed by atoms with Crippen LogP contribution in [0.2, 0.25) is 0 Å².